The summed E-state index contributed by atoms with van der Waals surface area (Å²) in [5.41, 5.74) is -0.761. The van der Waals surface area contributed by atoms with E-state index in [-0.39, 0.29) is 13.0 Å². The highest BCUT2D eigenvalue weighted by molar-refractivity contribution is 6.60. The van der Waals surface area contributed by atoms with Crippen molar-refractivity contribution in [1.29, 1.82) is 0 Å². The summed E-state index contributed by atoms with van der Waals surface area (Å²) in [6.45, 7) is 0.0144. The van der Waals surface area contributed by atoms with Gasteiger partial charge in [0.25, 0.3) is 0 Å². The van der Waals surface area contributed by atoms with Gasteiger partial charge in [-0.2, -0.15) is 0 Å². The Hall–Kier alpha value is -0.875. The lowest BCUT2D eigenvalue weighted by molar-refractivity contribution is 0.0248. The van der Waals surface area contributed by atoms with Gasteiger partial charge < -0.3 is 22.6 Å². The highest BCUT2D eigenvalue weighted by atomic mass is 19.4. The van der Waals surface area contributed by atoms with Crippen LogP contribution in [0.25, 0.3) is 0 Å². The van der Waals surface area contributed by atoms with Gasteiger partial charge in [0, 0.05) is 12.5 Å². The van der Waals surface area contributed by atoms with E-state index in [1.807, 2.05) is 0 Å². The molecule has 0 bridgehead atoms. The molecule has 1 heterocycles. The number of amides is 1. The second-order valence-corrected chi connectivity index (χ2v) is 5.01. The SMILES string of the molecule is CC(C)(C)OC(=O)N1CCCC1[B-](F)(F)F. The maximum absolute atomic E-state index is 12.6. The van der Waals surface area contributed by atoms with Crippen LogP contribution in [0.4, 0.5) is 17.7 Å². The van der Waals surface area contributed by atoms with E-state index in [1.54, 1.807) is 20.8 Å². The summed E-state index contributed by atoms with van der Waals surface area (Å²) < 4.78 is 42.8. The third kappa shape index (κ3) is 3.32. The predicted octanol–water partition coefficient (Wildman–Crippen LogP) is 2.77. The Morgan fingerprint density at radius 2 is 1.94 bits per heavy atom. The van der Waals surface area contributed by atoms with Crippen LogP contribution in [0.15, 0.2) is 0 Å². The van der Waals surface area contributed by atoms with Gasteiger partial charge in [0.2, 0.25) is 0 Å². The second kappa shape index (κ2) is 4.18. The molecule has 1 amide bonds. The maximum Gasteiger partial charge on any atom is 0.500 e. The topological polar surface area (TPSA) is 29.5 Å². The lowest BCUT2D eigenvalue weighted by Gasteiger charge is -2.33. The third-order valence-electron chi connectivity index (χ3n) is 2.36. The Balaban J connectivity index is 2.69. The summed E-state index contributed by atoms with van der Waals surface area (Å²) >= 11 is 0. The Morgan fingerprint density at radius 3 is 2.38 bits per heavy atom. The average Bonchev–Trinajstić information content (AvgIpc) is 2.45. The van der Waals surface area contributed by atoms with Crippen LogP contribution < -0.4 is 0 Å². The predicted molar refractivity (Wildman–Crippen MR) is 55.0 cm³/mol. The first-order valence-electron chi connectivity index (χ1n) is 5.31. The minimum atomic E-state index is -5.01. The first-order valence-corrected chi connectivity index (χ1v) is 5.31. The van der Waals surface area contributed by atoms with Crippen LogP contribution in [0.1, 0.15) is 33.6 Å². The number of hydrogen-bond acceptors (Lipinski definition) is 2. The molecule has 1 fully saturated rings. The van der Waals surface area contributed by atoms with Crippen LogP contribution in [0, 0.1) is 0 Å². The first-order chi connectivity index (χ1) is 7.11. The zero-order valence-electron chi connectivity index (χ0n) is 9.67. The minimum Gasteiger partial charge on any atom is -0.448 e. The van der Waals surface area contributed by atoms with Crippen molar-refractivity contribution in [2.24, 2.45) is 0 Å². The normalized spacial score (nSPS) is 22.4. The van der Waals surface area contributed by atoms with E-state index in [0.717, 1.165) is 4.90 Å². The highest BCUT2D eigenvalue weighted by Crippen LogP contribution is 2.30. The van der Waals surface area contributed by atoms with Crippen molar-refractivity contribution in [3.63, 3.8) is 0 Å². The Labute approximate surface area is 93.0 Å². The van der Waals surface area contributed by atoms with Gasteiger partial charge in [-0.15, -0.1) is 0 Å². The molecule has 0 aromatic rings. The minimum absolute atomic E-state index is 0.0112. The fraction of sp³-hybridized carbons (Fsp3) is 0.889. The Kier molecular flexibility index (Phi) is 3.45. The largest absolute Gasteiger partial charge is 0.500 e. The Bertz CT molecular complexity index is 275. The number of rotatable bonds is 1. The standard InChI is InChI=1S/C9H16BF3NO2/c1-9(2,3)16-8(15)14-6-4-5-7(14)10(11,12)13/h7H,4-6H2,1-3H3/q-1. The van der Waals surface area contributed by atoms with Crippen molar-refractivity contribution in [1.82, 2.24) is 4.90 Å². The van der Waals surface area contributed by atoms with E-state index in [9.17, 15) is 17.7 Å². The first kappa shape index (κ1) is 13.2. The summed E-state index contributed by atoms with van der Waals surface area (Å²) in [4.78, 5) is 12.3. The maximum atomic E-state index is 12.6. The van der Waals surface area contributed by atoms with Crippen LogP contribution in [-0.4, -0.2) is 36.1 Å². The van der Waals surface area contributed by atoms with Crippen LogP contribution in [0.3, 0.4) is 0 Å². The van der Waals surface area contributed by atoms with Gasteiger partial charge >= 0.3 is 13.1 Å². The summed E-state index contributed by atoms with van der Waals surface area (Å²) in [5.74, 6) is -1.63. The van der Waals surface area contributed by atoms with Gasteiger partial charge in [0.1, 0.15) is 5.60 Å². The molecular formula is C9H16BF3NO2-. The lowest BCUT2D eigenvalue weighted by atomic mass is 9.78. The van der Waals surface area contributed by atoms with Crippen molar-refractivity contribution in [3.05, 3.63) is 0 Å². The Morgan fingerprint density at radius 1 is 1.38 bits per heavy atom. The van der Waals surface area contributed by atoms with Crippen molar-refractivity contribution in [2.45, 2.75) is 45.2 Å². The number of carbonyl (C=O) groups is 1. The molecule has 0 radical (unpaired) electrons. The number of nitrogens with zero attached hydrogens (tertiary/aromatic N) is 1. The van der Waals surface area contributed by atoms with E-state index < -0.39 is 24.6 Å². The van der Waals surface area contributed by atoms with E-state index in [0.29, 0.717) is 6.42 Å². The fourth-order valence-corrected chi connectivity index (χ4v) is 1.73. The summed E-state index contributed by atoms with van der Waals surface area (Å²) in [6, 6.07) is 0. The quantitative estimate of drug-likeness (QED) is 0.657. The monoisotopic (exact) mass is 238 g/mol. The third-order valence-corrected chi connectivity index (χ3v) is 2.36. The van der Waals surface area contributed by atoms with Crippen LogP contribution in [-0.2, 0) is 4.74 Å². The molecule has 1 rings (SSSR count). The second-order valence-electron chi connectivity index (χ2n) is 5.01. The molecule has 0 N–H and O–H groups in total. The van der Waals surface area contributed by atoms with Crippen molar-refractivity contribution in [2.75, 3.05) is 6.54 Å². The zero-order valence-corrected chi connectivity index (χ0v) is 9.67. The van der Waals surface area contributed by atoms with Gasteiger partial charge in [-0.3, -0.25) is 0 Å². The van der Waals surface area contributed by atoms with Crippen molar-refractivity contribution >= 4 is 13.1 Å². The van der Waals surface area contributed by atoms with E-state index >= 15 is 0 Å². The average molecular weight is 238 g/mol. The summed E-state index contributed by atoms with van der Waals surface area (Å²) in [5, 5.41) is 0. The van der Waals surface area contributed by atoms with E-state index in [4.69, 9.17) is 4.74 Å². The molecule has 7 heteroatoms. The molecule has 3 nitrogen and oxygen atoms in total. The molecule has 1 aliphatic rings. The van der Waals surface area contributed by atoms with E-state index in [1.165, 1.54) is 0 Å². The van der Waals surface area contributed by atoms with Crippen LogP contribution in [0.2, 0.25) is 0 Å². The number of likely N-dealkylation sites (tertiary alicyclic amines) is 1. The smallest absolute Gasteiger partial charge is 0.448 e. The van der Waals surface area contributed by atoms with Crippen LogP contribution in [0.5, 0.6) is 0 Å². The molecule has 0 aliphatic carbocycles. The number of carbonyl (C=O) groups excluding carboxylic acids is 1. The molecule has 0 spiro atoms. The zero-order chi connectivity index (χ0) is 12.6. The number of ether oxygens (including phenoxy) is 1. The molecule has 1 atom stereocenters. The molecule has 0 aromatic heterocycles. The number of hydrogen-bond donors (Lipinski definition) is 0. The lowest BCUT2D eigenvalue weighted by Crippen LogP contribution is -2.49. The van der Waals surface area contributed by atoms with E-state index in [2.05, 4.69) is 0 Å². The van der Waals surface area contributed by atoms with Crippen molar-refractivity contribution < 1.29 is 22.5 Å². The molecule has 94 valence electrons. The van der Waals surface area contributed by atoms with Crippen molar-refractivity contribution in [3.8, 4) is 0 Å². The van der Waals surface area contributed by atoms with Gasteiger partial charge in [0.15, 0.2) is 0 Å². The summed E-state index contributed by atoms with van der Waals surface area (Å²) in [6.07, 6.45) is -0.498. The molecular weight excluding hydrogens is 222 g/mol. The fourth-order valence-electron chi connectivity index (χ4n) is 1.73. The highest BCUT2D eigenvalue weighted by Gasteiger charge is 2.44. The molecule has 1 unspecified atom stereocenters. The molecule has 0 saturated carbocycles. The molecule has 0 aromatic carbocycles. The van der Waals surface area contributed by atoms with Gasteiger partial charge in [-0.05, 0) is 27.2 Å². The van der Waals surface area contributed by atoms with Crippen LogP contribution >= 0.6 is 0 Å². The molecule has 16 heavy (non-hydrogen) atoms. The summed E-state index contributed by atoms with van der Waals surface area (Å²) in [7, 11) is 0. The van der Waals surface area contributed by atoms with Gasteiger partial charge in [-0.1, -0.05) is 6.42 Å². The van der Waals surface area contributed by atoms with Gasteiger partial charge in [0.05, 0.1) is 0 Å². The van der Waals surface area contributed by atoms with Gasteiger partial charge in [-0.25, -0.2) is 4.79 Å². The molecule has 1 saturated heterocycles. The number of halogens is 3. The molecule has 1 aliphatic heterocycles.